The normalized spacial score (nSPS) is 8.33. The van der Waals surface area contributed by atoms with E-state index < -0.39 is 0 Å². The van der Waals surface area contributed by atoms with E-state index in [9.17, 15) is 0 Å². The molecule has 2 heteroatoms. The van der Waals surface area contributed by atoms with E-state index in [1.54, 1.807) is 6.20 Å². The third kappa shape index (κ3) is 2.87. The summed E-state index contributed by atoms with van der Waals surface area (Å²) in [7, 11) is 0. The Kier molecular flexibility index (Phi) is 6.54. The molecule has 56 valence electrons. The van der Waals surface area contributed by atoms with Crippen molar-refractivity contribution < 1.29 is 68.9 Å². The molecule has 0 N–H and O–H groups in total. The summed E-state index contributed by atoms with van der Waals surface area (Å²) in [5.41, 5.74) is 0. The molecule has 1 heterocycles. The number of benzene rings is 1. The van der Waals surface area contributed by atoms with Crippen molar-refractivity contribution in [2.75, 3.05) is 0 Å². The topological polar surface area (TPSA) is 12.9 Å². The van der Waals surface area contributed by atoms with Gasteiger partial charge in [0.05, 0.1) is 0 Å². The molecule has 1 nitrogen and oxygen atoms in total. The van der Waals surface area contributed by atoms with E-state index >= 15 is 0 Å². The van der Waals surface area contributed by atoms with Gasteiger partial charge < -0.3 is 7.43 Å². The van der Waals surface area contributed by atoms with Crippen molar-refractivity contribution in [3.8, 4) is 0 Å². The zero-order chi connectivity index (χ0) is 6.81. The first kappa shape index (κ1) is 12.7. The third-order valence-corrected chi connectivity index (χ3v) is 1.49. The zero-order valence-electron chi connectivity index (χ0n) is 7.41. The molecule has 0 atom stereocenters. The van der Waals surface area contributed by atoms with Crippen LogP contribution in [-0.4, -0.2) is 4.98 Å². The van der Waals surface area contributed by atoms with Crippen molar-refractivity contribution in [2.24, 2.45) is 0 Å². The molecule has 0 aliphatic rings. The monoisotopic (exact) mass is 276 g/mol. The molecular formula is C10H9CsN-. The average Bonchev–Trinajstić information content (AvgIpc) is 2.05. The number of nitrogens with zero attached hydrogens (tertiary/aromatic N) is 1. The van der Waals surface area contributed by atoms with E-state index in [-0.39, 0.29) is 76.3 Å². The molecule has 1 aromatic heterocycles. The molecule has 0 fully saturated rings. The second-order valence-electron chi connectivity index (χ2n) is 2.15. The van der Waals surface area contributed by atoms with Gasteiger partial charge in [-0.15, -0.1) is 10.8 Å². The Morgan fingerprint density at radius 1 is 1.17 bits per heavy atom. The fraction of sp³-hybridized carbons (Fsp3) is 0. The molecule has 0 saturated carbocycles. The molecule has 0 aliphatic carbocycles. The van der Waals surface area contributed by atoms with E-state index in [0.29, 0.717) is 0 Å². The summed E-state index contributed by atoms with van der Waals surface area (Å²) in [6.07, 6.45) is 3.63. The summed E-state index contributed by atoms with van der Waals surface area (Å²) in [5, 5.41) is 2.36. The molecule has 1 aromatic carbocycles. The Hall–Kier alpha value is 0.682. The molecular weight excluding hydrogens is 267 g/mol. The zero-order valence-corrected chi connectivity index (χ0v) is 13.7. The van der Waals surface area contributed by atoms with Crippen LogP contribution in [0.25, 0.3) is 10.8 Å². The van der Waals surface area contributed by atoms with Gasteiger partial charge in [-0.2, -0.15) is 24.3 Å². The van der Waals surface area contributed by atoms with Gasteiger partial charge in [-0.3, -0.25) is 4.98 Å². The third-order valence-electron chi connectivity index (χ3n) is 1.49. The first-order chi connectivity index (χ1) is 4.97. The van der Waals surface area contributed by atoms with Crippen molar-refractivity contribution >= 4 is 10.8 Å². The largest absolute Gasteiger partial charge is 1.00 e. The Morgan fingerprint density at radius 2 is 2.00 bits per heavy atom. The van der Waals surface area contributed by atoms with Crippen LogP contribution in [0.4, 0.5) is 0 Å². The van der Waals surface area contributed by atoms with Crippen LogP contribution in [0.5, 0.6) is 0 Å². The number of fused-ring (bicyclic) bond motifs is 1. The van der Waals surface area contributed by atoms with Crippen molar-refractivity contribution in [3.05, 3.63) is 50.2 Å². The molecule has 0 radical (unpaired) electrons. The Morgan fingerprint density at radius 3 is 2.75 bits per heavy atom. The quantitative estimate of drug-likeness (QED) is 0.591. The predicted octanol–water partition coefficient (Wildman–Crippen LogP) is -0.511. The average molecular weight is 276 g/mol. The van der Waals surface area contributed by atoms with Gasteiger partial charge in [0.15, 0.2) is 0 Å². The van der Waals surface area contributed by atoms with E-state index in [0.717, 1.165) is 5.39 Å². The smallest absolute Gasteiger partial charge is 0.358 e. The first-order valence-corrected chi connectivity index (χ1v) is 3.17. The van der Waals surface area contributed by atoms with Gasteiger partial charge in [0.25, 0.3) is 0 Å². The molecule has 12 heavy (non-hydrogen) atoms. The van der Waals surface area contributed by atoms with E-state index in [1.165, 1.54) is 5.39 Å². The minimum absolute atomic E-state index is 0. The van der Waals surface area contributed by atoms with Crippen molar-refractivity contribution in [2.45, 2.75) is 0 Å². The minimum atomic E-state index is 0. The molecule has 0 amide bonds. The van der Waals surface area contributed by atoms with Crippen molar-refractivity contribution in [3.63, 3.8) is 0 Å². The van der Waals surface area contributed by atoms with Crippen LogP contribution < -0.4 is 68.9 Å². The summed E-state index contributed by atoms with van der Waals surface area (Å²) >= 11 is 0. The maximum Gasteiger partial charge on any atom is 1.00 e. The fourth-order valence-corrected chi connectivity index (χ4v) is 0.966. The van der Waals surface area contributed by atoms with E-state index in [2.05, 4.69) is 11.1 Å². The van der Waals surface area contributed by atoms with Gasteiger partial charge >= 0.3 is 68.9 Å². The first-order valence-electron chi connectivity index (χ1n) is 3.17. The van der Waals surface area contributed by atoms with Crippen LogP contribution in [0.2, 0.25) is 0 Å². The predicted molar refractivity (Wildman–Crippen MR) is 47.0 cm³/mol. The van der Waals surface area contributed by atoms with Crippen molar-refractivity contribution in [1.82, 2.24) is 4.98 Å². The molecule has 0 spiro atoms. The van der Waals surface area contributed by atoms with Crippen LogP contribution in [0, 0.1) is 13.5 Å². The molecule has 2 rings (SSSR count). The fourth-order valence-electron chi connectivity index (χ4n) is 0.966. The molecule has 0 bridgehead atoms. The summed E-state index contributed by atoms with van der Waals surface area (Å²) in [5.74, 6) is 0. The summed E-state index contributed by atoms with van der Waals surface area (Å²) in [6.45, 7) is 0. The second kappa shape index (κ2) is 6.18. The second-order valence-corrected chi connectivity index (χ2v) is 2.15. The number of pyridine rings is 1. The van der Waals surface area contributed by atoms with E-state index in [1.807, 2.05) is 30.5 Å². The van der Waals surface area contributed by atoms with Gasteiger partial charge in [-0.25, -0.2) is 0 Å². The number of aromatic nitrogens is 1. The minimum Gasteiger partial charge on any atom is -0.358 e. The number of hydrogen-bond acceptors (Lipinski definition) is 1. The molecule has 0 unspecified atom stereocenters. The maximum atomic E-state index is 3.99. The summed E-state index contributed by atoms with van der Waals surface area (Å²) in [4.78, 5) is 3.99. The summed E-state index contributed by atoms with van der Waals surface area (Å²) in [6, 6.07) is 10.8. The van der Waals surface area contributed by atoms with Crippen molar-refractivity contribution in [1.29, 1.82) is 0 Å². The van der Waals surface area contributed by atoms with Gasteiger partial charge in [0.2, 0.25) is 0 Å². The van der Waals surface area contributed by atoms with Gasteiger partial charge in [-0.05, 0) is 6.20 Å². The SMILES string of the molecule is [CH3-].[Cs+].[c-]1ccc2ccncc2c1. The van der Waals surface area contributed by atoms with Gasteiger partial charge in [0, 0.05) is 6.20 Å². The Labute approximate surface area is 132 Å². The van der Waals surface area contributed by atoms with Crippen LogP contribution in [-0.2, 0) is 0 Å². The van der Waals surface area contributed by atoms with Crippen LogP contribution in [0.1, 0.15) is 0 Å². The van der Waals surface area contributed by atoms with Crippen LogP contribution in [0.15, 0.2) is 36.7 Å². The van der Waals surface area contributed by atoms with E-state index in [4.69, 9.17) is 0 Å². The maximum absolute atomic E-state index is 3.99. The van der Waals surface area contributed by atoms with Gasteiger partial charge in [0.1, 0.15) is 0 Å². The summed E-state index contributed by atoms with van der Waals surface area (Å²) < 4.78 is 0. The Bertz CT molecular complexity index is 281. The molecule has 0 saturated heterocycles. The Balaban J connectivity index is 0.000000605. The van der Waals surface area contributed by atoms with Gasteiger partial charge in [-0.1, -0.05) is 6.07 Å². The molecule has 2 aromatic rings. The van der Waals surface area contributed by atoms with Crippen LogP contribution >= 0.6 is 0 Å². The standard InChI is InChI=1S/C9H6N.CH3.Cs/c1-2-4-9-7-10-6-5-8(9)3-1;;/h1,3-7H;1H3;/q2*-1;+1. The van der Waals surface area contributed by atoms with Crippen LogP contribution in [0.3, 0.4) is 0 Å². The molecule has 0 aliphatic heterocycles. The number of hydrogen-bond donors (Lipinski definition) is 0. The number of rotatable bonds is 0.